The van der Waals surface area contributed by atoms with Gasteiger partial charge in [-0.25, -0.2) is 0 Å². The second-order valence-electron chi connectivity index (χ2n) is 4.71. The van der Waals surface area contributed by atoms with Crippen LogP contribution in [0, 0.1) is 17.8 Å². The van der Waals surface area contributed by atoms with E-state index in [-0.39, 0.29) is 5.79 Å². The van der Waals surface area contributed by atoms with Gasteiger partial charge in [0, 0.05) is 20.1 Å². The van der Waals surface area contributed by atoms with Gasteiger partial charge in [-0.3, -0.25) is 0 Å². The molecule has 0 saturated heterocycles. The highest BCUT2D eigenvalue weighted by molar-refractivity contribution is 4.95. The van der Waals surface area contributed by atoms with Crippen LogP contribution in [0.5, 0.6) is 0 Å². The summed E-state index contributed by atoms with van der Waals surface area (Å²) in [4.78, 5) is 0. The molecule has 2 saturated carbocycles. The molecule has 2 aliphatic rings. The van der Waals surface area contributed by atoms with E-state index in [0.29, 0.717) is 5.92 Å². The zero-order chi connectivity index (χ0) is 9.47. The Morgan fingerprint density at radius 1 is 1.08 bits per heavy atom. The molecule has 0 aromatic rings. The molecule has 76 valence electrons. The largest absolute Gasteiger partial charge is 0.353 e. The third-order valence-electron chi connectivity index (χ3n) is 4.22. The number of ether oxygens (including phenoxy) is 2. The molecule has 13 heavy (non-hydrogen) atoms. The lowest BCUT2D eigenvalue weighted by atomic mass is 9.83. The van der Waals surface area contributed by atoms with Crippen molar-refractivity contribution in [2.45, 2.75) is 38.4 Å². The van der Waals surface area contributed by atoms with Crippen LogP contribution < -0.4 is 0 Å². The predicted molar refractivity (Wildman–Crippen MR) is 51.4 cm³/mol. The summed E-state index contributed by atoms with van der Waals surface area (Å²) in [7, 11) is 3.52. The van der Waals surface area contributed by atoms with Gasteiger partial charge < -0.3 is 9.47 Å². The van der Waals surface area contributed by atoms with Crippen LogP contribution in [0.3, 0.4) is 0 Å². The summed E-state index contributed by atoms with van der Waals surface area (Å²) in [5.41, 5.74) is 0. The van der Waals surface area contributed by atoms with Gasteiger partial charge in [0.15, 0.2) is 5.79 Å². The maximum atomic E-state index is 5.50. The van der Waals surface area contributed by atoms with Gasteiger partial charge in [-0.2, -0.15) is 0 Å². The number of hydrogen-bond acceptors (Lipinski definition) is 2. The summed E-state index contributed by atoms with van der Waals surface area (Å²) < 4.78 is 11.0. The molecule has 0 aliphatic heterocycles. The summed E-state index contributed by atoms with van der Waals surface area (Å²) in [6.45, 7) is 2.08. The van der Waals surface area contributed by atoms with Crippen LogP contribution in [-0.4, -0.2) is 20.0 Å². The van der Waals surface area contributed by atoms with Gasteiger partial charge in [-0.15, -0.1) is 0 Å². The van der Waals surface area contributed by atoms with Gasteiger partial charge in [0.05, 0.1) is 0 Å². The molecule has 3 unspecified atom stereocenters. The van der Waals surface area contributed by atoms with Crippen LogP contribution >= 0.6 is 0 Å². The van der Waals surface area contributed by atoms with Crippen molar-refractivity contribution < 1.29 is 9.47 Å². The highest BCUT2D eigenvalue weighted by Crippen LogP contribution is 2.52. The molecule has 2 fully saturated rings. The minimum absolute atomic E-state index is 0.333. The molecule has 2 bridgehead atoms. The molecule has 2 nitrogen and oxygen atoms in total. The van der Waals surface area contributed by atoms with E-state index >= 15 is 0 Å². The fourth-order valence-electron chi connectivity index (χ4n) is 3.27. The first-order valence-electron chi connectivity index (χ1n) is 5.30. The Hall–Kier alpha value is -0.0800. The fraction of sp³-hybridized carbons (Fsp3) is 1.00. The van der Waals surface area contributed by atoms with Gasteiger partial charge in [0.25, 0.3) is 0 Å². The van der Waals surface area contributed by atoms with Crippen LogP contribution in [0.25, 0.3) is 0 Å². The monoisotopic (exact) mass is 184 g/mol. The lowest BCUT2D eigenvalue weighted by molar-refractivity contribution is -0.236. The number of hydrogen-bond donors (Lipinski definition) is 0. The average molecular weight is 184 g/mol. The molecular weight excluding hydrogens is 164 g/mol. The molecule has 0 heterocycles. The van der Waals surface area contributed by atoms with E-state index in [1.54, 1.807) is 14.2 Å². The smallest absolute Gasteiger partial charge is 0.167 e. The fourth-order valence-corrected chi connectivity index (χ4v) is 3.27. The molecule has 0 radical (unpaired) electrons. The topological polar surface area (TPSA) is 18.5 Å². The Morgan fingerprint density at radius 2 is 1.77 bits per heavy atom. The molecule has 2 rings (SSSR count). The van der Waals surface area contributed by atoms with Crippen molar-refractivity contribution in [3.8, 4) is 0 Å². The second-order valence-corrected chi connectivity index (χ2v) is 4.71. The summed E-state index contributed by atoms with van der Waals surface area (Å²) in [5.74, 6) is 2.11. The van der Waals surface area contributed by atoms with Crippen molar-refractivity contribution in [3.63, 3.8) is 0 Å². The summed E-state index contributed by atoms with van der Waals surface area (Å²) in [6.07, 6.45) is 5.54. The van der Waals surface area contributed by atoms with Crippen LogP contribution in [-0.2, 0) is 9.47 Å². The Balaban J connectivity index is 2.08. The van der Waals surface area contributed by atoms with Gasteiger partial charge in [-0.1, -0.05) is 6.42 Å². The van der Waals surface area contributed by atoms with E-state index in [1.807, 2.05) is 0 Å². The van der Waals surface area contributed by atoms with E-state index in [4.69, 9.17) is 9.47 Å². The van der Waals surface area contributed by atoms with Gasteiger partial charge in [0.1, 0.15) is 0 Å². The molecular formula is C11H20O2. The molecule has 2 aliphatic carbocycles. The standard InChI is InChI=1S/C11H20O2/c1-11(12-2,13-3)10-7-8-4-5-9(10)6-8/h8-10H,4-7H2,1-3H3. The number of methoxy groups -OCH3 is 2. The second kappa shape index (κ2) is 3.25. The predicted octanol–water partition coefficient (Wildman–Crippen LogP) is 2.43. The van der Waals surface area contributed by atoms with E-state index in [2.05, 4.69) is 6.92 Å². The number of rotatable bonds is 3. The minimum atomic E-state index is -0.333. The minimum Gasteiger partial charge on any atom is -0.353 e. The number of fused-ring (bicyclic) bond motifs is 2. The van der Waals surface area contributed by atoms with Gasteiger partial charge in [0.2, 0.25) is 0 Å². The average Bonchev–Trinajstić information content (AvgIpc) is 2.77. The first kappa shape index (κ1) is 9.47. The first-order chi connectivity index (χ1) is 6.19. The lowest BCUT2D eigenvalue weighted by Gasteiger charge is -2.37. The van der Waals surface area contributed by atoms with E-state index < -0.39 is 0 Å². The molecule has 2 heteroatoms. The zero-order valence-corrected chi connectivity index (χ0v) is 8.88. The molecule has 0 aromatic heterocycles. The van der Waals surface area contributed by atoms with Crippen molar-refractivity contribution in [1.82, 2.24) is 0 Å². The van der Waals surface area contributed by atoms with Crippen LogP contribution in [0.4, 0.5) is 0 Å². The molecule has 0 N–H and O–H groups in total. The SMILES string of the molecule is COC(C)(OC)C1CC2CCC1C2. The Bertz CT molecular complexity index is 187. The summed E-state index contributed by atoms with van der Waals surface area (Å²) in [5, 5.41) is 0. The van der Waals surface area contributed by atoms with Crippen molar-refractivity contribution in [2.75, 3.05) is 14.2 Å². The molecule has 0 amide bonds. The van der Waals surface area contributed by atoms with Crippen LogP contribution in [0.2, 0.25) is 0 Å². The highest BCUT2D eigenvalue weighted by atomic mass is 16.7. The molecule has 0 spiro atoms. The molecule has 0 aromatic carbocycles. The Labute approximate surface area is 80.6 Å². The Morgan fingerprint density at radius 3 is 2.15 bits per heavy atom. The zero-order valence-electron chi connectivity index (χ0n) is 8.88. The third kappa shape index (κ3) is 1.40. The van der Waals surface area contributed by atoms with Crippen LogP contribution in [0.1, 0.15) is 32.6 Å². The van der Waals surface area contributed by atoms with E-state index in [0.717, 1.165) is 11.8 Å². The summed E-state index contributed by atoms with van der Waals surface area (Å²) in [6, 6.07) is 0. The van der Waals surface area contributed by atoms with Crippen molar-refractivity contribution in [3.05, 3.63) is 0 Å². The van der Waals surface area contributed by atoms with Crippen molar-refractivity contribution in [2.24, 2.45) is 17.8 Å². The third-order valence-corrected chi connectivity index (χ3v) is 4.22. The van der Waals surface area contributed by atoms with Crippen molar-refractivity contribution >= 4 is 0 Å². The van der Waals surface area contributed by atoms with Crippen molar-refractivity contribution in [1.29, 1.82) is 0 Å². The molecule has 3 atom stereocenters. The highest BCUT2D eigenvalue weighted by Gasteiger charge is 2.49. The van der Waals surface area contributed by atoms with Gasteiger partial charge in [-0.05, 0) is 38.0 Å². The summed E-state index contributed by atoms with van der Waals surface area (Å²) >= 11 is 0. The van der Waals surface area contributed by atoms with Crippen LogP contribution in [0.15, 0.2) is 0 Å². The maximum absolute atomic E-state index is 5.50. The lowest BCUT2D eigenvalue weighted by Crippen LogP contribution is -2.41. The normalized spacial score (nSPS) is 38.5. The quantitative estimate of drug-likeness (QED) is 0.627. The Kier molecular flexibility index (Phi) is 2.37. The van der Waals surface area contributed by atoms with E-state index in [1.165, 1.54) is 25.7 Å². The van der Waals surface area contributed by atoms with E-state index in [9.17, 15) is 0 Å². The van der Waals surface area contributed by atoms with Gasteiger partial charge >= 0.3 is 0 Å². The first-order valence-corrected chi connectivity index (χ1v) is 5.30. The maximum Gasteiger partial charge on any atom is 0.167 e.